The van der Waals surface area contributed by atoms with E-state index < -0.39 is 0 Å². The summed E-state index contributed by atoms with van der Waals surface area (Å²) in [6, 6.07) is 17.1. The standard InChI is InChI=1S/C18H18N2O2/c1-13-7-9-16(10-8-13)20-12-14(11-17(20)21)18(22)19-15-5-3-2-4-6-15/h2-10,14H,11-12H2,1H3,(H,19,22). The third-order valence-electron chi connectivity index (χ3n) is 3.88. The Bertz CT molecular complexity index is 680. The molecule has 3 rings (SSSR count). The van der Waals surface area contributed by atoms with Crippen molar-refractivity contribution in [1.29, 1.82) is 0 Å². The van der Waals surface area contributed by atoms with E-state index in [0.29, 0.717) is 6.54 Å². The molecule has 0 bridgehead atoms. The molecule has 2 amide bonds. The third-order valence-corrected chi connectivity index (χ3v) is 3.88. The summed E-state index contributed by atoms with van der Waals surface area (Å²) in [5, 5.41) is 2.87. The molecule has 0 spiro atoms. The Morgan fingerprint density at radius 3 is 2.45 bits per heavy atom. The van der Waals surface area contributed by atoms with E-state index in [-0.39, 0.29) is 24.2 Å². The molecule has 2 aromatic carbocycles. The largest absolute Gasteiger partial charge is 0.326 e. The van der Waals surface area contributed by atoms with Crippen LogP contribution in [0.25, 0.3) is 0 Å². The fourth-order valence-electron chi connectivity index (χ4n) is 2.62. The zero-order chi connectivity index (χ0) is 15.5. The van der Waals surface area contributed by atoms with Gasteiger partial charge in [-0.1, -0.05) is 35.9 Å². The predicted octanol–water partition coefficient (Wildman–Crippen LogP) is 2.99. The molecule has 112 valence electrons. The smallest absolute Gasteiger partial charge is 0.229 e. The molecule has 1 heterocycles. The summed E-state index contributed by atoms with van der Waals surface area (Å²) < 4.78 is 0. The molecule has 1 aliphatic heterocycles. The fraction of sp³-hybridized carbons (Fsp3) is 0.222. The Balaban J connectivity index is 1.69. The molecule has 0 radical (unpaired) electrons. The van der Waals surface area contributed by atoms with E-state index in [9.17, 15) is 9.59 Å². The second-order valence-electron chi connectivity index (χ2n) is 5.60. The van der Waals surface area contributed by atoms with Crippen LogP contribution in [0, 0.1) is 12.8 Å². The molecule has 1 saturated heterocycles. The van der Waals surface area contributed by atoms with Crippen molar-refractivity contribution < 1.29 is 9.59 Å². The minimum absolute atomic E-state index is 0.00272. The number of amides is 2. The van der Waals surface area contributed by atoms with Crippen LogP contribution in [0.2, 0.25) is 0 Å². The average molecular weight is 294 g/mol. The Hall–Kier alpha value is -2.62. The van der Waals surface area contributed by atoms with Gasteiger partial charge >= 0.3 is 0 Å². The number of hydrogen-bond donors (Lipinski definition) is 1. The summed E-state index contributed by atoms with van der Waals surface area (Å²) in [4.78, 5) is 26.2. The number of para-hydroxylation sites is 1. The van der Waals surface area contributed by atoms with Crippen molar-refractivity contribution in [3.63, 3.8) is 0 Å². The molecule has 0 aromatic heterocycles. The van der Waals surface area contributed by atoms with Gasteiger partial charge in [-0.25, -0.2) is 0 Å². The van der Waals surface area contributed by atoms with Crippen LogP contribution in [0.3, 0.4) is 0 Å². The molecule has 4 heteroatoms. The molecule has 0 aliphatic carbocycles. The molecule has 1 aliphatic rings. The van der Waals surface area contributed by atoms with Crippen LogP contribution in [-0.2, 0) is 9.59 Å². The van der Waals surface area contributed by atoms with E-state index in [1.807, 2.05) is 61.5 Å². The van der Waals surface area contributed by atoms with Crippen LogP contribution in [0.4, 0.5) is 11.4 Å². The Morgan fingerprint density at radius 1 is 1.09 bits per heavy atom. The maximum absolute atomic E-state index is 12.3. The highest BCUT2D eigenvalue weighted by molar-refractivity contribution is 6.03. The van der Waals surface area contributed by atoms with E-state index in [0.717, 1.165) is 16.9 Å². The molecule has 0 saturated carbocycles. The first-order valence-corrected chi connectivity index (χ1v) is 7.36. The van der Waals surface area contributed by atoms with Gasteiger partial charge in [-0.05, 0) is 31.2 Å². The second kappa shape index (κ2) is 6.02. The number of benzene rings is 2. The highest BCUT2D eigenvalue weighted by Crippen LogP contribution is 2.26. The SMILES string of the molecule is Cc1ccc(N2CC(C(=O)Nc3ccccc3)CC2=O)cc1. The minimum Gasteiger partial charge on any atom is -0.326 e. The molecule has 1 atom stereocenters. The maximum Gasteiger partial charge on any atom is 0.229 e. The Labute approximate surface area is 129 Å². The van der Waals surface area contributed by atoms with Crippen molar-refractivity contribution in [2.45, 2.75) is 13.3 Å². The normalized spacial score (nSPS) is 17.6. The van der Waals surface area contributed by atoms with E-state index in [2.05, 4.69) is 5.32 Å². The molecule has 1 fully saturated rings. The molecule has 22 heavy (non-hydrogen) atoms. The quantitative estimate of drug-likeness (QED) is 0.946. The minimum atomic E-state index is -0.311. The zero-order valence-corrected chi connectivity index (χ0v) is 12.5. The van der Waals surface area contributed by atoms with Gasteiger partial charge in [0, 0.05) is 24.3 Å². The summed E-state index contributed by atoms with van der Waals surface area (Å²) in [5.41, 5.74) is 2.76. The van der Waals surface area contributed by atoms with Crippen molar-refractivity contribution in [3.05, 3.63) is 60.2 Å². The first kappa shape index (κ1) is 14.3. The number of aryl methyl sites for hydroxylation is 1. The lowest BCUT2D eigenvalue weighted by molar-refractivity contribution is -0.122. The number of hydrogen-bond acceptors (Lipinski definition) is 2. The van der Waals surface area contributed by atoms with Crippen LogP contribution in [0.1, 0.15) is 12.0 Å². The number of anilines is 2. The van der Waals surface area contributed by atoms with Crippen LogP contribution < -0.4 is 10.2 Å². The Kier molecular flexibility index (Phi) is 3.92. The van der Waals surface area contributed by atoms with E-state index in [1.54, 1.807) is 4.90 Å². The lowest BCUT2D eigenvalue weighted by Crippen LogP contribution is -2.28. The highest BCUT2D eigenvalue weighted by Gasteiger charge is 2.35. The van der Waals surface area contributed by atoms with Crippen molar-refractivity contribution >= 4 is 23.2 Å². The lowest BCUT2D eigenvalue weighted by Gasteiger charge is -2.17. The molecule has 1 unspecified atom stereocenters. The molecular weight excluding hydrogens is 276 g/mol. The molecule has 4 nitrogen and oxygen atoms in total. The van der Waals surface area contributed by atoms with Gasteiger partial charge in [-0.2, -0.15) is 0 Å². The van der Waals surface area contributed by atoms with Crippen LogP contribution in [0.15, 0.2) is 54.6 Å². The van der Waals surface area contributed by atoms with Gasteiger partial charge in [0.05, 0.1) is 5.92 Å². The average Bonchev–Trinajstić information content (AvgIpc) is 2.91. The van der Waals surface area contributed by atoms with Gasteiger partial charge in [0.2, 0.25) is 11.8 Å². The van der Waals surface area contributed by atoms with Gasteiger partial charge in [-0.15, -0.1) is 0 Å². The predicted molar refractivity (Wildman–Crippen MR) is 86.7 cm³/mol. The van der Waals surface area contributed by atoms with Crippen LogP contribution >= 0.6 is 0 Å². The number of rotatable bonds is 3. The van der Waals surface area contributed by atoms with E-state index >= 15 is 0 Å². The van der Waals surface area contributed by atoms with Gasteiger partial charge < -0.3 is 10.2 Å². The first-order chi connectivity index (χ1) is 10.6. The van der Waals surface area contributed by atoms with E-state index in [4.69, 9.17) is 0 Å². The van der Waals surface area contributed by atoms with Gasteiger partial charge in [0.1, 0.15) is 0 Å². The van der Waals surface area contributed by atoms with Crippen molar-refractivity contribution in [2.24, 2.45) is 5.92 Å². The molecular formula is C18H18N2O2. The summed E-state index contributed by atoms with van der Waals surface area (Å²) in [6.07, 6.45) is 0.256. The zero-order valence-electron chi connectivity index (χ0n) is 12.5. The maximum atomic E-state index is 12.3. The number of nitrogens with zero attached hydrogens (tertiary/aromatic N) is 1. The number of nitrogens with one attached hydrogen (secondary N) is 1. The fourth-order valence-corrected chi connectivity index (χ4v) is 2.62. The number of carbonyl (C=O) groups excluding carboxylic acids is 2. The van der Waals surface area contributed by atoms with Gasteiger partial charge in [0.25, 0.3) is 0 Å². The molecule has 1 N–H and O–H groups in total. The summed E-state index contributed by atoms with van der Waals surface area (Å²) in [6.45, 7) is 2.44. The highest BCUT2D eigenvalue weighted by atomic mass is 16.2. The number of carbonyl (C=O) groups is 2. The van der Waals surface area contributed by atoms with Crippen molar-refractivity contribution in [3.8, 4) is 0 Å². The van der Waals surface area contributed by atoms with Crippen LogP contribution in [-0.4, -0.2) is 18.4 Å². The monoisotopic (exact) mass is 294 g/mol. The third kappa shape index (κ3) is 3.01. The first-order valence-electron chi connectivity index (χ1n) is 7.36. The lowest BCUT2D eigenvalue weighted by atomic mass is 10.1. The van der Waals surface area contributed by atoms with Gasteiger partial charge in [-0.3, -0.25) is 9.59 Å². The molecule has 2 aromatic rings. The second-order valence-corrected chi connectivity index (χ2v) is 5.60. The van der Waals surface area contributed by atoms with Crippen molar-refractivity contribution in [1.82, 2.24) is 0 Å². The van der Waals surface area contributed by atoms with E-state index in [1.165, 1.54) is 0 Å². The summed E-state index contributed by atoms with van der Waals surface area (Å²) in [5.74, 6) is -0.416. The van der Waals surface area contributed by atoms with Crippen molar-refractivity contribution in [2.75, 3.05) is 16.8 Å². The topological polar surface area (TPSA) is 49.4 Å². The summed E-state index contributed by atoms with van der Waals surface area (Å²) in [7, 11) is 0. The van der Waals surface area contributed by atoms with Crippen LogP contribution in [0.5, 0.6) is 0 Å². The Morgan fingerprint density at radius 2 is 1.77 bits per heavy atom. The van der Waals surface area contributed by atoms with Gasteiger partial charge in [0.15, 0.2) is 0 Å². The summed E-state index contributed by atoms with van der Waals surface area (Å²) >= 11 is 0.